The second-order valence-corrected chi connectivity index (χ2v) is 8.61. The summed E-state index contributed by atoms with van der Waals surface area (Å²) in [6, 6.07) is 20.7. The lowest BCUT2D eigenvalue weighted by atomic mass is 9.90. The van der Waals surface area contributed by atoms with E-state index in [4.69, 9.17) is 32.8 Å². The van der Waals surface area contributed by atoms with Crippen LogP contribution in [0.5, 0.6) is 5.75 Å². The molecule has 8 heteroatoms. The van der Waals surface area contributed by atoms with Gasteiger partial charge < -0.3 is 4.74 Å². The maximum absolute atomic E-state index is 13.6. The summed E-state index contributed by atoms with van der Waals surface area (Å²) < 4.78 is 5.47. The van der Waals surface area contributed by atoms with Crippen molar-refractivity contribution >= 4 is 46.4 Å². The van der Waals surface area contributed by atoms with Gasteiger partial charge in [-0.1, -0.05) is 47.5 Å². The highest BCUT2D eigenvalue weighted by atomic mass is 35.5. The minimum Gasteiger partial charge on any atom is -0.494 e. The van der Waals surface area contributed by atoms with Gasteiger partial charge in [0.2, 0.25) is 5.91 Å². The van der Waals surface area contributed by atoms with Gasteiger partial charge in [-0.2, -0.15) is 0 Å². The molecule has 6 nitrogen and oxygen atoms in total. The van der Waals surface area contributed by atoms with Crippen LogP contribution >= 0.6 is 23.2 Å². The minimum atomic E-state index is -0.971. The molecule has 5 rings (SSSR count). The molecule has 3 aromatic carbocycles. The average molecular weight is 483 g/mol. The van der Waals surface area contributed by atoms with Crippen molar-refractivity contribution in [2.45, 2.75) is 19.1 Å². The quantitative estimate of drug-likeness (QED) is 0.453. The van der Waals surface area contributed by atoms with Crippen molar-refractivity contribution in [1.82, 2.24) is 0 Å². The molecule has 0 bridgehead atoms. The number of hydroxylamine groups is 1. The van der Waals surface area contributed by atoms with Gasteiger partial charge in [-0.25, -0.2) is 9.96 Å². The molecule has 0 N–H and O–H groups in total. The SMILES string of the molecule is CCOc1ccc(N2C(=O)[C@@H]3[C@@H](c4ccc(Cl)cc4Cl)N(c4ccccc4)O[C@H]3C2=O)cc1. The Morgan fingerprint density at radius 1 is 0.909 bits per heavy atom. The van der Waals surface area contributed by atoms with Crippen molar-refractivity contribution in [3.63, 3.8) is 0 Å². The highest BCUT2D eigenvalue weighted by Gasteiger charge is 2.60. The molecular formula is C25H20Cl2N2O4. The highest BCUT2D eigenvalue weighted by molar-refractivity contribution is 6.35. The zero-order valence-electron chi connectivity index (χ0n) is 17.7. The predicted octanol–water partition coefficient (Wildman–Crippen LogP) is 5.44. The maximum atomic E-state index is 13.6. The zero-order chi connectivity index (χ0) is 23.1. The van der Waals surface area contributed by atoms with E-state index in [2.05, 4.69) is 0 Å². The number of halogens is 2. The molecule has 2 amide bonds. The summed E-state index contributed by atoms with van der Waals surface area (Å²) in [5.74, 6) is -0.868. The number of benzene rings is 3. The molecule has 2 saturated heterocycles. The number of anilines is 2. The highest BCUT2D eigenvalue weighted by Crippen LogP contribution is 2.49. The predicted molar refractivity (Wildman–Crippen MR) is 127 cm³/mol. The third-order valence-corrected chi connectivity index (χ3v) is 6.38. The Labute approximate surface area is 201 Å². The first kappa shape index (κ1) is 21.8. The number of carbonyl (C=O) groups excluding carboxylic acids is 2. The first-order valence-corrected chi connectivity index (χ1v) is 11.3. The molecule has 0 saturated carbocycles. The molecule has 0 radical (unpaired) electrons. The van der Waals surface area contributed by atoms with E-state index in [1.165, 1.54) is 4.90 Å². The fourth-order valence-corrected chi connectivity index (χ4v) is 4.90. The summed E-state index contributed by atoms with van der Waals surface area (Å²) in [5.41, 5.74) is 1.85. The van der Waals surface area contributed by atoms with E-state index in [1.807, 2.05) is 37.3 Å². The van der Waals surface area contributed by atoms with E-state index in [0.717, 1.165) is 5.69 Å². The molecule has 2 fully saturated rings. The second kappa shape index (κ2) is 8.71. The van der Waals surface area contributed by atoms with Crippen LogP contribution in [-0.2, 0) is 14.4 Å². The molecule has 0 unspecified atom stereocenters. The molecule has 2 heterocycles. The van der Waals surface area contributed by atoms with Crippen LogP contribution in [0.4, 0.5) is 11.4 Å². The van der Waals surface area contributed by atoms with Crippen molar-refractivity contribution in [2.24, 2.45) is 5.92 Å². The van der Waals surface area contributed by atoms with Gasteiger partial charge in [0.1, 0.15) is 11.7 Å². The van der Waals surface area contributed by atoms with Crippen LogP contribution in [0, 0.1) is 5.92 Å². The normalized spacial score (nSPS) is 22.1. The average Bonchev–Trinajstić information content (AvgIpc) is 3.31. The van der Waals surface area contributed by atoms with E-state index < -0.39 is 24.0 Å². The smallest absolute Gasteiger partial charge is 0.266 e. The van der Waals surface area contributed by atoms with Crippen LogP contribution in [-0.4, -0.2) is 24.5 Å². The fourth-order valence-electron chi connectivity index (χ4n) is 4.38. The Morgan fingerprint density at radius 3 is 2.30 bits per heavy atom. The van der Waals surface area contributed by atoms with Crippen LogP contribution in [0.25, 0.3) is 0 Å². The van der Waals surface area contributed by atoms with Crippen molar-refractivity contribution in [3.8, 4) is 5.75 Å². The number of para-hydroxylation sites is 1. The Morgan fingerprint density at radius 2 is 1.64 bits per heavy atom. The number of imide groups is 1. The van der Waals surface area contributed by atoms with Crippen LogP contribution in [0.15, 0.2) is 72.8 Å². The van der Waals surface area contributed by atoms with Gasteiger partial charge in [0, 0.05) is 10.0 Å². The number of hydrogen-bond acceptors (Lipinski definition) is 5. The Bertz CT molecular complexity index is 1200. The number of carbonyl (C=O) groups is 2. The molecular weight excluding hydrogens is 463 g/mol. The molecule has 3 atom stereocenters. The van der Waals surface area contributed by atoms with Gasteiger partial charge in [-0.3, -0.25) is 14.4 Å². The molecule has 168 valence electrons. The number of nitrogens with zero attached hydrogens (tertiary/aromatic N) is 2. The van der Waals surface area contributed by atoms with Gasteiger partial charge in [0.25, 0.3) is 5.91 Å². The number of fused-ring (bicyclic) bond motifs is 1. The topological polar surface area (TPSA) is 59.1 Å². The van der Waals surface area contributed by atoms with Gasteiger partial charge in [-0.05, 0) is 61.0 Å². The van der Waals surface area contributed by atoms with Crippen molar-refractivity contribution in [2.75, 3.05) is 16.6 Å². The van der Waals surface area contributed by atoms with E-state index in [-0.39, 0.29) is 5.91 Å². The van der Waals surface area contributed by atoms with Crippen molar-refractivity contribution < 1.29 is 19.2 Å². The molecule has 0 spiro atoms. The summed E-state index contributed by atoms with van der Waals surface area (Å²) >= 11 is 12.7. The zero-order valence-corrected chi connectivity index (χ0v) is 19.2. The Balaban J connectivity index is 1.55. The van der Waals surface area contributed by atoms with E-state index in [0.29, 0.717) is 33.7 Å². The summed E-state index contributed by atoms with van der Waals surface area (Å²) in [5, 5.41) is 2.49. The van der Waals surface area contributed by atoms with Crippen molar-refractivity contribution in [3.05, 3.63) is 88.4 Å². The van der Waals surface area contributed by atoms with Crippen LogP contribution in [0.1, 0.15) is 18.5 Å². The number of rotatable bonds is 5. The third kappa shape index (κ3) is 3.74. The number of hydrogen-bond donors (Lipinski definition) is 0. The maximum Gasteiger partial charge on any atom is 0.266 e. The first-order valence-electron chi connectivity index (χ1n) is 10.6. The summed E-state index contributed by atoms with van der Waals surface area (Å²) in [6.07, 6.45) is -0.971. The minimum absolute atomic E-state index is 0.344. The molecule has 0 aromatic heterocycles. The van der Waals surface area contributed by atoms with Gasteiger partial charge >= 0.3 is 0 Å². The Hall–Kier alpha value is -3.06. The molecule has 3 aromatic rings. The van der Waals surface area contributed by atoms with Gasteiger partial charge in [0.05, 0.1) is 24.0 Å². The van der Waals surface area contributed by atoms with Crippen LogP contribution in [0.3, 0.4) is 0 Å². The Kier molecular flexibility index (Phi) is 5.74. The van der Waals surface area contributed by atoms with Gasteiger partial charge in [-0.15, -0.1) is 0 Å². The summed E-state index contributed by atoms with van der Waals surface area (Å²) in [6.45, 7) is 2.41. The monoisotopic (exact) mass is 482 g/mol. The number of ether oxygens (including phenoxy) is 1. The summed E-state index contributed by atoms with van der Waals surface area (Å²) in [7, 11) is 0. The van der Waals surface area contributed by atoms with Gasteiger partial charge in [0.15, 0.2) is 6.10 Å². The first-order chi connectivity index (χ1) is 16.0. The lowest BCUT2D eigenvalue weighted by Crippen LogP contribution is -2.37. The second-order valence-electron chi connectivity index (χ2n) is 7.76. The van der Waals surface area contributed by atoms with Crippen LogP contribution < -0.4 is 14.7 Å². The standard InChI is InChI=1S/C25H20Cl2N2O4/c1-2-32-18-11-9-16(10-12-18)28-24(30)21-22(19-13-8-15(26)14-20(19)27)29(33-23(21)25(28)31)17-6-4-3-5-7-17/h3-14,21-23H,2H2,1H3/t21-,22-,23-/m1/s1. The van der Waals surface area contributed by atoms with E-state index in [9.17, 15) is 9.59 Å². The lowest BCUT2D eigenvalue weighted by molar-refractivity contribution is -0.126. The molecule has 2 aliphatic rings. The summed E-state index contributed by atoms with van der Waals surface area (Å²) in [4.78, 5) is 34.3. The fraction of sp³-hybridized carbons (Fsp3) is 0.200. The number of amides is 2. The van der Waals surface area contributed by atoms with Crippen LogP contribution in [0.2, 0.25) is 10.0 Å². The molecule has 0 aliphatic carbocycles. The third-order valence-electron chi connectivity index (χ3n) is 5.81. The molecule has 33 heavy (non-hydrogen) atoms. The van der Waals surface area contributed by atoms with Crippen molar-refractivity contribution in [1.29, 1.82) is 0 Å². The van der Waals surface area contributed by atoms with E-state index >= 15 is 0 Å². The largest absolute Gasteiger partial charge is 0.494 e. The molecule has 2 aliphatic heterocycles. The lowest BCUT2D eigenvalue weighted by Gasteiger charge is -2.29. The van der Waals surface area contributed by atoms with E-state index in [1.54, 1.807) is 47.5 Å².